The topological polar surface area (TPSA) is 271 Å². The maximum atomic E-state index is 13.4. The number of hydrogen-bond donors (Lipinski definition) is 0. The van der Waals surface area contributed by atoms with Gasteiger partial charge in [-0.2, -0.15) is 0 Å². The van der Waals surface area contributed by atoms with E-state index in [1.807, 2.05) is 200 Å². The molecule has 110 heavy (non-hydrogen) atoms. The molecule has 0 unspecified atom stereocenters. The molecule has 0 atom stereocenters. The first-order chi connectivity index (χ1) is 53.0. The molecular formula is C90H54Al2N6O12. The zero-order valence-corrected chi connectivity index (χ0v) is 60.2. The second kappa shape index (κ2) is 32.6. The van der Waals surface area contributed by atoms with Crippen LogP contribution in [-0.4, -0.2) is 64.6 Å². The number of para-hydroxylation sites is 9. The monoisotopic (exact) mass is 1460 g/mol. The number of ether oxygens (including phenoxy) is 6. The van der Waals surface area contributed by atoms with E-state index in [0.717, 1.165) is 16.2 Å². The standard InChI is InChI=1S/3C30H20N2O4.2Al/c3*33-29-22(18-19-10-7-8-15-23(19)31-29)26-28(36-21-13-5-2-6-14-21)27-24(32-30(26)34)16-9-17-25(27)35-20-11-3-1-4-12-20;;/h3*1-18H,(H,31,33)(H,32,34);;/q;;;2*+3/p-6. The van der Waals surface area contributed by atoms with Crippen molar-refractivity contribution in [3.63, 3.8) is 0 Å². The molecule has 0 saturated heterocycles. The fraction of sp³-hybridized carbons (Fsp3) is 0. The van der Waals surface area contributed by atoms with Gasteiger partial charge >= 0.3 is 34.7 Å². The molecule has 0 aliphatic rings. The minimum atomic E-state index is -0.584. The number of nitrogens with zero attached hydrogens (tertiary/aromatic N) is 6. The summed E-state index contributed by atoms with van der Waals surface area (Å²) in [5.41, 5.74) is 3.30. The quantitative estimate of drug-likeness (QED) is 0.0863. The van der Waals surface area contributed by atoms with Crippen LogP contribution in [0.4, 0.5) is 0 Å². The van der Waals surface area contributed by atoms with Crippen molar-refractivity contribution in [2.24, 2.45) is 0 Å². The molecule has 0 aliphatic heterocycles. The van der Waals surface area contributed by atoms with Gasteiger partial charge in [0.15, 0.2) is 0 Å². The van der Waals surface area contributed by atoms with Crippen LogP contribution in [0.25, 0.3) is 98.8 Å². The molecule has 0 N–H and O–H groups in total. The molecule has 522 valence electrons. The Labute approximate surface area is 650 Å². The first-order valence-corrected chi connectivity index (χ1v) is 34.0. The molecule has 20 heteroatoms. The van der Waals surface area contributed by atoms with Crippen LogP contribution in [0.3, 0.4) is 0 Å². The minimum absolute atomic E-state index is 0. The number of pyridine rings is 6. The van der Waals surface area contributed by atoms with Crippen LogP contribution in [-0.2, 0) is 0 Å². The third kappa shape index (κ3) is 15.4. The fourth-order valence-electron chi connectivity index (χ4n) is 12.5. The maximum Gasteiger partial charge on any atom is 3.00 e. The molecule has 0 saturated carbocycles. The van der Waals surface area contributed by atoms with Gasteiger partial charge in [0.05, 0.1) is 49.3 Å². The van der Waals surface area contributed by atoms with Crippen molar-refractivity contribution in [3.05, 3.63) is 328 Å². The van der Waals surface area contributed by atoms with E-state index in [1.54, 1.807) is 127 Å². The van der Waals surface area contributed by atoms with Crippen LogP contribution in [0.1, 0.15) is 0 Å². The van der Waals surface area contributed by atoms with Gasteiger partial charge in [0.2, 0.25) is 0 Å². The summed E-state index contributed by atoms with van der Waals surface area (Å²) >= 11 is 0. The Hall–Kier alpha value is -14.2. The Morgan fingerprint density at radius 1 is 0.191 bits per heavy atom. The SMILES string of the molecule is [Al+3].[Al+3].[O-]c1nc2ccccc2cc1-c1c([O-])nc2cccc(Oc3ccccc3)c2c1Oc1ccccc1.[O-]c1nc2ccccc2cc1-c1c([O-])nc2cccc(Oc3ccccc3)c2c1Oc1ccccc1.[O-]c1nc2ccccc2cc1-c1c([O-])nc2cccc(Oc3ccccc3)c2c1Oc1ccccc1. The number of fused-ring (bicyclic) bond motifs is 6. The average Bonchev–Trinajstić information content (AvgIpc) is 0.758. The summed E-state index contributed by atoms with van der Waals surface area (Å²) in [6.45, 7) is 0. The van der Waals surface area contributed by atoms with E-state index < -0.39 is 35.3 Å². The van der Waals surface area contributed by atoms with Crippen LogP contribution in [0, 0.1) is 0 Å². The molecular weight excluding hydrogens is 1410 g/mol. The van der Waals surface area contributed by atoms with Gasteiger partial charge < -0.3 is 59.1 Å². The van der Waals surface area contributed by atoms with Gasteiger partial charge in [0.1, 0.15) is 69.0 Å². The summed E-state index contributed by atoms with van der Waals surface area (Å²) in [5, 5.41) is 83.2. The molecule has 6 aromatic heterocycles. The summed E-state index contributed by atoms with van der Waals surface area (Å²) < 4.78 is 37.5. The van der Waals surface area contributed by atoms with Gasteiger partial charge in [0.25, 0.3) is 0 Å². The normalized spacial score (nSPS) is 10.8. The van der Waals surface area contributed by atoms with E-state index in [4.69, 9.17) is 28.4 Å². The zero-order chi connectivity index (χ0) is 73.5. The van der Waals surface area contributed by atoms with Crippen molar-refractivity contribution in [2.45, 2.75) is 0 Å². The van der Waals surface area contributed by atoms with Crippen molar-refractivity contribution in [2.75, 3.05) is 0 Å². The largest absolute Gasteiger partial charge is 3.00 e. The maximum absolute atomic E-state index is 13.4. The summed E-state index contributed by atoms with van der Waals surface area (Å²) in [6.07, 6.45) is 0. The molecule has 0 radical (unpaired) electrons. The first kappa shape index (κ1) is 72.7. The van der Waals surface area contributed by atoms with Crippen molar-refractivity contribution < 1.29 is 59.1 Å². The van der Waals surface area contributed by atoms with E-state index in [9.17, 15) is 30.6 Å². The third-order valence-electron chi connectivity index (χ3n) is 17.4. The second-order valence-electron chi connectivity index (χ2n) is 24.4. The predicted molar refractivity (Wildman–Crippen MR) is 415 cm³/mol. The van der Waals surface area contributed by atoms with Crippen LogP contribution < -0.4 is 59.1 Å². The number of hydrogen-bond acceptors (Lipinski definition) is 18. The summed E-state index contributed by atoms with van der Waals surface area (Å²) in [5.74, 6) is 1.89. The van der Waals surface area contributed by atoms with Crippen LogP contribution in [0.15, 0.2) is 328 Å². The molecule has 0 amide bonds. The summed E-state index contributed by atoms with van der Waals surface area (Å²) in [4.78, 5) is 25.5. The first-order valence-electron chi connectivity index (χ1n) is 34.0. The van der Waals surface area contributed by atoms with Gasteiger partial charge in [-0.1, -0.05) is 182 Å². The number of aromatic nitrogens is 6. The molecule has 18 nitrogen and oxygen atoms in total. The molecule has 0 spiro atoms. The van der Waals surface area contributed by atoms with E-state index in [2.05, 4.69) is 29.9 Å². The third-order valence-corrected chi connectivity index (χ3v) is 17.4. The van der Waals surface area contributed by atoms with Gasteiger partial charge in [-0.3, -0.25) is 29.9 Å². The molecule has 6 heterocycles. The molecule has 0 fully saturated rings. The van der Waals surface area contributed by atoms with Crippen molar-refractivity contribution in [3.8, 4) is 138 Å². The Balaban J connectivity index is 0.000000136. The number of benzene rings is 12. The van der Waals surface area contributed by atoms with Crippen molar-refractivity contribution in [1.82, 2.24) is 29.9 Å². The Morgan fingerprint density at radius 2 is 0.391 bits per heavy atom. The van der Waals surface area contributed by atoms with E-state index in [-0.39, 0.29) is 85.4 Å². The van der Waals surface area contributed by atoms with Crippen LogP contribution >= 0.6 is 0 Å². The number of rotatable bonds is 15. The van der Waals surface area contributed by atoms with E-state index in [1.165, 1.54) is 0 Å². The summed E-state index contributed by atoms with van der Waals surface area (Å²) in [6, 6.07) is 97.6. The van der Waals surface area contributed by atoms with Gasteiger partial charge in [-0.05, 0) is 198 Å². The molecule has 18 aromatic rings. The molecule has 12 aromatic carbocycles. The van der Waals surface area contributed by atoms with Gasteiger partial charge in [0, 0.05) is 32.8 Å². The molecule has 0 aliphatic carbocycles. The predicted octanol–water partition coefficient (Wildman–Crippen LogP) is 17.8. The fourth-order valence-corrected chi connectivity index (χ4v) is 12.5. The molecule has 18 rings (SSSR count). The Bertz CT molecular complexity index is 5740. The van der Waals surface area contributed by atoms with E-state index >= 15 is 0 Å². The second-order valence-corrected chi connectivity index (χ2v) is 24.4. The van der Waals surface area contributed by atoms with Crippen LogP contribution in [0.5, 0.6) is 104 Å². The minimum Gasteiger partial charge on any atom is -0.858 e. The van der Waals surface area contributed by atoms with E-state index in [0.29, 0.717) is 101 Å². The van der Waals surface area contributed by atoms with Crippen molar-refractivity contribution >= 4 is 100 Å². The Morgan fingerprint density at radius 3 is 0.636 bits per heavy atom. The van der Waals surface area contributed by atoms with Gasteiger partial charge in [-0.25, -0.2) is 0 Å². The Kier molecular flexibility index (Phi) is 21.6. The molecule has 0 bridgehead atoms. The van der Waals surface area contributed by atoms with Crippen molar-refractivity contribution in [1.29, 1.82) is 0 Å². The zero-order valence-electron chi connectivity index (χ0n) is 57.9. The van der Waals surface area contributed by atoms with Crippen LogP contribution in [0.2, 0.25) is 0 Å². The average molecular weight is 1470 g/mol. The van der Waals surface area contributed by atoms with Gasteiger partial charge in [-0.15, -0.1) is 0 Å². The smallest absolute Gasteiger partial charge is 0.858 e. The summed E-state index contributed by atoms with van der Waals surface area (Å²) in [7, 11) is 0.